The maximum absolute atomic E-state index is 12.0. The molecular formula is C13H23NO5. The van der Waals surface area contributed by atoms with Gasteiger partial charge in [0.2, 0.25) is 5.91 Å². The highest BCUT2D eigenvalue weighted by atomic mass is 16.5. The molecule has 1 fully saturated rings. The zero-order valence-electron chi connectivity index (χ0n) is 11.5. The molecule has 110 valence electrons. The number of carboxylic acid groups (broad SMARTS) is 1. The van der Waals surface area contributed by atoms with Gasteiger partial charge < -0.3 is 20.3 Å². The highest BCUT2D eigenvalue weighted by Gasteiger charge is 2.38. The molecule has 0 aromatic heterocycles. The van der Waals surface area contributed by atoms with Gasteiger partial charge >= 0.3 is 5.97 Å². The summed E-state index contributed by atoms with van der Waals surface area (Å²) < 4.78 is 4.88. The van der Waals surface area contributed by atoms with Gasteiger partial charge in [-0.2, -0.15) is 0 Å². The van der Waals surface area contributed by atoms with Crippen molar-refractivity contribution in [2.24, 2.45) is 11.8 Å². The Labute approximate surface area is 113 Å². The maximum atomic E-state index is 12.0. The lowest BCUT2D eigenvalue weighted by atomic mass is 9.94. The molecule has 0 aliphatic heterocycles. The number of hydrogen-bond donors (Lipinski definition) is 3. The molecule has 0 aromatic rings. The van der Waals surface area contributed by atoms with E-state index in [4.69, 9.17) is 9.84 Å². The zero-order valence-corrected chi connectivity index (χ0v) is 11.5. The molecule has 6 nitrogen and oxygen atoms in total. The largest absolute Gasteiger partial charge is 0.481 e. The highest BCUT2D eigenvalue weighted by Crippen LogP contribution is 2.32. The summed E-state index contributed by atoms with van der Waals surface area (Å²) in [5, 5.41) is 21.7. The van der Waals surface area contributed by atoms with Gasteiger partial charge in [-0.05, 0) is 19.8 Å². The van der Waals surface area contributed by atoms with Gasteiger partial charge in [0.05, 0.1) is 17.4 Å². The molecule has 0 aromatic carbocycles. The van der Waals surface area contributed by atoms with Crippen molar-refractivity contribution < 1.29 is 24.5 Å². The maximum Gasteiger partial charge on any atom is 0.307 e. The van der Waals surface area contributed by atoms with Crippen molar-refractivity contribution in [1.29, 1.82) is 0 Å². The Balaban J connectivity index is 2.44. The van der Waals surface area contributed by atoms with Gasteiger partial charge in [-0.15, -0.1) is 0 Å². The van der Waals surface area contributed by atoms with Crippen molar-refractivity contribution >= 4 is 11.9 Å². The number of aliphatic carboxylic acids is 1. The SMILES string of the molecule is COCCC(C)(O)CNC(=O)C1CCCC1C(=O)O. The summed E-state index contributed by atoms with van der Waals surface area (Å²) in [5.74, 6) is -2.26. The van der Waals surface area contributed by atoms with Crippen LogP contribution in [0, 0.1) is 11.8 Å². The summed E-state index contributed by atoms with van der Waals surface area (Å²) in [6.45, 7) is 2.14. The summed E-state index contributed by atoms with van der Waals surface area (Å²) in [5.41, 5.74) is -1.04. The van der Waals surface area contributed by atoms with Gasteiger partial charge in [-0.25, -0.2) is 0 Å². The minimum Gasteiger partial charge on any atom is -0.481 e. The van der Waals surface area contributed by atoms with Crippen molar-refractivity contribution in [3.63, 3.8) is 0 Å². The van der Waals surface area contributed by atoms with Gasteiger partial charge in [-0.1, -0.05) is 6.42 Å². The van der Waals surface area contributed by atoms with Crippen molar-refractivity contribution in [1.82, 2.24) is 5.32 Å². The average Bonchev–Trinajstić information content (AvgIpc) is 2.83. The van der Waals surface area contributed by atoms with E-state index in [1.807, 2.05) is 0 Å². The summed E-state index contributed by atoms with van der Waals surface area (Å²) in [6.07, 6.45) is 2.32. The highest BCUT2D eigenvalue weighted by molar-refractivity contribution is 5.85. The van der Waals surface area contributed by atoms with Crippen LogP contribution in [-0.2, 0) is 14.3 Å². The van der Waals surface area contributed by atoms with E-state index in [1.165, 1.54) is 0 Å². The molecular weight excluding hydrogens is 250 g/mol. The standard InChI is InChI=1S/C13H23NO5/c1-13(18,6-7-19-2)8-14-11(15)9-4-3-5-10(9)12(16)17/h9-10,18H,3-8H2,1-2H3,(H,14,15)(H,16,17). The molecule has 3 atom stereocenters. The van der Waals surface area contributed by atoms with Crippen molar-refractivity contribution in [3.8, 4) is 0 Å². The molecule has 0 spiro atoms. The van der Waals surface area contributed by atoms with E-state index >= 15 is 0 Å². The molecule has 0 radical (unpaired) electrons. The lowest BCUT2D eigenvalue weighted by Crippen LogP contribution is -2.44. The Morgan fingerprint density at radius 1 is 1.37 bits per heavy atom. The van der Waals surface area contributed by atoms with E-state index < -0.39 is 23.4 Å². The molecule has 1 amide bonds. The smallest absolute Gasteiger partial charge is 0.307 e. The monoisotopic (exact) mass is 273 g/mol. The summed E-state index contributed by atoms with van der Waals surface area (Å²) in [7, 11) is 1.55. The van der Waals surface area contributed by atoms with E-state index in [9.17, 15) is 14.7 Å². The van der Waals surface area contributed by atoms with Crippen LogP contribution in [0.25, 0.3) is 0 Å². The second-order valence-corrected chi connectivity index (χ2v) is 5.44. The number of ether oxygens (including phenoxy) is 1. The van der Waals surface area contributed by atoms with Crippen LogP contribution in [0.15, 0.2) is 0 Å². The second kappa shape index (κ2) is 6.86. The fraction of sp³-hybridized carbons (Fsp3) is 0.846. The number of carbonyl (C=O) groups excluding carboxylic acids is 1. The molecule has 0 saturated heterocycles. The Kier molecular flexibility index (Phi) is 5.75. The van der Waals surface area contributed by atoms with Crippen LogP contribution in [0.1, 0.15) is 32.6 Å². The van der Waals surface area contributed by atoms with Crippen LogP contribution in [0.4, 0.5) is 0 Å². The number of amides is 1. The van der Waals surface area contributed by atoms with Crippen LogP contribution < -0.4 is 5.32 Å². The van der Waals surface area contributed by atoms with Crippen LogP contribution in [-0.4, -0.2) is 48.0 Å². The average molecular weight is 273 g/mol. The Bertz CT molecular complexity index is 329. The summed E-state index contributed by atoms with van der Waals surface area (Å²) in [4.78, 5) is 23.0. The van der Waals surface area contributed by atoms with Crippen molar-refractivity contribution in [2.45, 2.75) is 38.2 Å². The van der Waals surface area contributed by atoms with E-state index in [0.717, 1.165) is 6.42 Å². The number of carboxylic acids is 1. The molecule has 1 saturated carbocycles. The van der Waals surface area contributed by atoms with Crippen LogP contribution in [0.3, 0.4) is 0 Å². The molecule has 1 aliphatic rings. The first-order valence-corrected chi connectivity index (χ1v) is 6.59. The fourth-order valence-corrected chi connectivity index (χ4v) is 2.39. The first-order valence-electron chi connectivity index (χ1n) is 6.59. The van der Waals surface area contributed by atoms with Crippen molar-refractivity contribution in [3.05, 3.63) is 0 Å². The quantitative estimate of drug-likeness (QED) is 0.623. The third-order valence-corrected chi connectivity index (χ3v) is 3.66. The van der Waals surface area contributed by atoms with Crippen LogP contribution >= 0.6 is 0 Å². The minimum atomic E-state index is -1.04. The van der Waals surface area contributed by atoms with Gasteiger partial charge in [0.1, 0.15) is 0 Å². The molecule has 1 rings (SSSR count). The molecule has 3 N–H and O–H groups in total. The molecule has 0 bridgehead atoms. The lowest BCUT2D eigenvalue weighted by molar-refractivity contribution is -0.146. The third-order valence-electron chi connectivity index (χ3n) is 3.66. The van der Waals surface area contributed by atoms with E-state index in [2.05, 4.69) is 5.32 Å². The fourth-order valence-electron chi connectivity index (χ4n) is 2.39. The van der Waals surface area contributed by atoms with Crippen molar-refractivity contribution in [2.75, 3.05) is 20.3 Å². The molecule has 3 unspecified atom stereocenters. The number of carbonyl (C=O) groups is 2. The van der Waals surface area contributed by atoms with Gasteiger partial charge in [0.25, 0.3) is 0 Å². The zero-order chi connectivity index (χ0) is 14.5. The molecule has 0 heterocycles. The van der Waals surface area contributed by atoms with Crippen LogP contribution in [0.2, 0.25) is 0 Å². The second-order valence-electron chi connectivity index (χ2n) is 5.44. The predicted molar refractivity (Wildman–Crippen MR) is 68.6 cm³/mol. The first-order chi connectivity index (χ1) is 8.87. The molecule has 1 aliphatic carbocycles. The first kappa shape index (κ1) is 15.9. The number of methoxy groups -OCH3 is 1. The third kappa shape index (κ3) is 4.80. The topological polar surface area (TPSA) is 95.9 Å². The van der Waals surface area contributed by atoms with Gasteiger partial charge in [0, 0.05) is 26.7 Å². The predicted octanol–water partition coefficient (Wildman–Crippen LogP) is 0.391. The normalized spacial score (nSPS) is 25.8. The summed E-state index contributed by atoms with van der Waals surface area (Å²) in [6, 6.07) is 0. The van der Waals surface area contributed by atoms with Crippen LogP contribution in [0.5, 0.6) is 0 Å². The van der Waals surface area contributed by atoms with Gasteiger partial charge in [0.15, 0.2) is 0 Å². The van der Waals surface area contributed by atoms with E-state index in [1.54, 1.807) is 14.0 Å². The Morgan fingerprint density at radius 2 is 2.00 bits per heavy atom. The summed E-state index contributed by atoms with van der Waals surface area (Å²) >= 11 is 0. The Hall–Kier alpha value is -1.14. The number of rotatable bonds is 7. The Morgan fingerprint density at radius 3 is 2.58 bits per heavy atom. The van der Waals surface area contributed by atoms with E-state index in [-0.39, 0.29) is 12.5 Å². The van der Waals surface area contributed by atoms with E-state index in [0.29, 0.717) is 25.9 Å². The lowest BCUT2D eigenvalue weighted by Gasteiger charge is -2.25. The minimum absolute atomic E-state index is 0.109. The number of aliphatic hydroxyl groups is 1. The molecule has 19 heavy (non-hydrogen) atoms. The van der Waals surface area contributed by atoms with Gasteiger partial charge in [-0.3, -0.25) is 9.59 Å². The molecule has 6 heteroatoms. The number of nitrogens with one attached hydrogen (secondary N) is 1. The number of hydrogen-bond acceptors (Lipinski definition) is 4.